The first-order valence-corrected chi connectivity index (χ1v) is 11.7. The number of fused-ring (bicyclic) bond motifs is 6. The van der Waals surface area contributed by atoms with Gasteiger partial charge >= 0.3 is 0 Å². The van der Waals surface area contributed by atoms with E-state index in [1.807, 2.05) is 6.07 Å². The van der Waals surface area contributed by atoms with Crippen molar-refractivity contribution in [1.29, 1.82) is 0 Å². The van der Waals surface area contributed by atoms with Crippen LogP contribution in [0.3, 0.4) is 0 Å². The Hall–Kier alpha value is -2.57. The molecule has 0 unspecified atom stereocenters. The lowest BCUT2D eigenvalue weighted by Gasteiger charge is -2.24. The summed E-state index contributed by atoms with van der Waals surface area (Å²) in [6.45, 7) is 9.39. The first-order valence-electron chi connectivity index (χ1n) is 11.3. The van der Waals surface area contributed by atoms with Crippen LogP contribution in [0.2, 0.25) is 5.02 Å². The van der Waals surface area contributed by atoms with Gasteiger partial charge in [0.15, 0.2) is 0 Å². The standard InChI is InChI=1S/C30H27Cl/c1-29(2)23-11-8-12-27(31)28(23)22-17-25-21(16-26(22)29)20-14-13-19(15-24(20)30(25,3)4)18-9-6-5-7-10-18/h6,8-17H,5,7H2,1-4H3. The molecule has 0 radical (unpaired) electrons. The molecule has 3 aromatic carbocycles. The van der Waals surface area contributed by atoms with E-state index in [-0.39, 0.29) is 10.8 Å². The van der Waals surface area contributed by atoms with Gasteiger partial charge in [-0.25, -0.2) is 0 Å². The molecule has 0 spiro atoms. The molecule has 154 valence electrons. The van der Waals surface area contributed by atoms with Gasteiger partial charge in [0.05, 0.1) is 0 Å². The van der Waals surface area contributed by atoms with Gasteiger partial charge in [0.2, 0.25) is 0 Å². The van der Waals surface area contributed by atoms with Gasteiger partial charge in [-0.15, -0.1) is 0 Å². The second-order valence-corrected chi connectivity index (χ2v) is 10.7. The van der Waals surface area contributed by atoms with Crippen LogP contribution in [0.25, 0.3) is 27.8 Å². The van der Waals surface area contributed by atoms with Crippen molar-refractivity contribution in [2.75, 3.05) is 0 Å². The summed E-state index contributed by atoms with van der Waals surface area (Å²) in [4.78, 5) is 0. The maximum atomic E-state index is 6.73. The second-order valence-electron chi connectivity index (χ2n) is 10.3. The summed E-state index contributed by atoms with van der Waals surface area (Å²) >= 11 is 6.73. The third kappa shape index (κ3) is 2.49. The SMILES string of the molecule is CC1(C)c2cc(C3=CCCC=C3)ccc2-c2cc3c(cc21)-c1c(Cl)cccc1C3(C)C. The van der Waals surface area contributed by atoms with E-state index in [2.05, 4.69) is 88.4 Å². The molecule has 6 rings (SSSR count). The van der Waals surface area contributed by atoms with Crippen LogP contribution < -0.4 is 0 Å². The molecule has 0 N–H and O–H groups in total. The van der Waals surface area contributed by atoms with Gasteiger partial charge in [-0.1, -0.05) is 81.8 Å². The predicted octanol–water partition coefficient (Wildman–Crippen LogP) is 8.69. The Morgan fingerprint density at radius 1 is 0.710 bits per heavy atom. The molecule has 0 heterocycles. The lowest BCUT2D eigenvalue weighted by molar-refractivity contribution is 0.652. The topological polar surface area (TPSA) is 0 Å². The van der Waals surface area contributed by atoms with E-state index in [1.54, 1.807) is 0 Å². The van der Waals surface area contributed by atoms with E-state index in [0.29, 0.717) is 0 Å². The molecule has 0 atom stereocenters. The maximum Gasteiger partial charge on any atom is 0.0487 e. The fraction of sp³-hybridized carbons (Fsp3) is 0.267. The van der Waals surface area contributed by atoms with Crippen molar-refractivity contribution in [2.24, 2.45) is 0 Å². The quantitative estimate of drug-likeness (QED) is 0.368. The Labute approximate surface area is 190 Å². The Bertz CT molecular complexity index is 1330. The first-order chi connectivity index (χ1) is 14.8. The van der Waals surface area contributed by atoms with Gasteiger partial charge in [0.1, 0.15) is 0 Å². The molecule has 0 bridgehead atoms. The third-order valence-corrected chi connectivity index (χ3v) is 8.09. The molecule has 0 aliphatic heterocycles. The summed E-state index contributed by atoms with van der Waals surface area (Å²) < 4.78 is 0. The van der Waals surface area contributed by atoms with Gasteiger partial charge < -0.3 is 0 Å². The lowest BCUT2D eigenvalue weighted by Crippen LogP contribution is -2.17. The number of rotatable bonds is 1. The highest BCUT2D eigenvalue weighted by Gasteiger charge is 2.42. The molecule has 3 aliphatic carbocycles. The van der Waals surface area contributed by atoms with E-state index in [4.69, 9.17) is 11.6 Å². The summed E-state index contributed by atoms with van der Waals surface area (Å²) in [6.07, 6.45) is 9.21. The summed E-state index contributed by atoms with van der Waals surface area (Å²) in [6, 6.07) is 18.3. The molecule has 31 heavy (non-hydrogen) atoms. The minimum atomic E-state index is -0.0465. The Balaban J connectivity index is 1.58. The molecular formula is C30H27Cl. The van der Waals surface area contributed by atoms with Crippen molar-refractivity contribution in [2.45, 2.75) is 51.4 Å². The monoisotopic (exact) mass is 422 g/mol. The molecule has 0 amide bonds. The lowest BCUT2D eigenvalue weighted by atomic mass is 9.79. The molecule has 0 nitrogen and oxygen atoms in total. The number of allylic oxidation sites excluding steroid dienone is 4. The van der Waals surface area contributed by atoms with E-state index in [0.717, 1.165) is 17.9 Å². The van der Waals surface area contributed by atoms with Crippen LogP contribution in [0.4, 0.5) is 0 Å². The highest BCUT2D eigenvalue weighted by atomic mass is 35.5. The second kappa shape index (κ2) is 6.24. The fourth-order valence-electron chi connectivity index (χ4n) is 5.98. The van der Waals surface area contributed by atoms with E-state index < -0.39 is 0 Å². The summed E-state index contributed by atoms with van der Waals surface area (Å²) in [5.41, 5.74) is 13.5. The van der Waals surface area contributed by atoms with Crippen LogP contribution in [-0.4, -0.2) is 0 Å². The minimum Gasteiger partial charge on any atom is -0.0837 e. The molecular weight excluding hydrogens is 396 g/mol. The molecule has 3 aliphatic rings. The van der Waals surface area contributed by atoms with Gasteiger partial charge in [0.25, 0.3) is 0 Å². The zero-order valence-electron chi connectivity index (χ0n) is 18.6. The van der Waals surface area contributed by atoms with Crippen LogP contribution in [0.5, 0.6) is 0 Å². The van der Waals surface area contributed by atoms with E-state index >= 15 is 0 Å². The van der Waals surface area contributed by atoms with Crippen LogP contribution >= 0.6 is 11.6 Å². The summed E-state index contributed by atoms with van der Waals surface area (Å²) in [7, 11) is 0. The average Bonchev–Trinajstić information content (AvgIpc) is 3.13. The fourth-order valence-corrected chi connectivity index (χ4v) is 6.25. The Morgan fingerprint density at radius 2 is 1.42 bits per heavy atom. The minimum absolute atomic E-state index is 0.0389. The van der Waals surface area contributed by atoms with Crippen molar-refractivity contribution in [3.63, 3.8) is 0 Å². The largest absolute Gasteiger partial charge is 0.0837 e. The Morgan fingerprint density at radius 3 is 2.19 bits per heavy atom. The molecule has 0 aromatic heterocycles. The molecule has 1 heteroatoms. The van der Waals surface area contributed by atoms with Crippen molar-refractivity contribution in [3.05, 3.63) is 99.6 Å². The summed E-state index contributed by atoms with van der Waals surface area (Å²) in [5.74, 6) is 0. The third-order valence-electron chi connectivity index (χ3n) is 7.77. The normalized spacial score (nSPS) is 18.8. The molecule has 3 aromatic rings. The number of hydrogen-bond donors (Lipinski definition) is 0. The Kier molecular flexibility index (Phi) is 3.85. The number of halogens is 1. The molecule has 0 saturated heterocycles. The van der Waals surface area contributed by atoms with Gasteiger partial charge in [0, 0.05) is 21.4 Å². The smallest absolute Gasteiger partial charge is 0.0487 e. The molecule has 0 saturated carbocycles. The number of benzene rings is 3. The van der Waals surface area contributed by atoms with Crippen molar-refractivity contribution in [3.8, 4) is 22.3 Å². The van der Waals surface area contributed by atoms with Gasteiger partial charge in [-0.3, -0.25) is 0 Å². The van der Waals surface area contributed by atoms with Crippen LogP contribution in [0, 0.1) is 0 Å². The maximum absolute atomic E-state index is 6.73. The van der Waals surface area contributed by atoms with Crippen LogP contribution in [0.1, 0.15) is 68.4 Å². The van der Waals surface area contributed by atoms with Crippen LogP contribution in [0.15, 0.2) is 66.8 Å². The van der Waals surface area contributed by atoms with E-state index in [9.17, 15) is 0 Å². The highest BCUT2D eigenvalue weighted by molar-refractivity contribution is 6.34. The predicted molar refractivity (Wildman–Crippen MR) is 133 cm³/mol. The average molecular weight is 423 g/mol. The van der Waals surface area contributed by atoms with Gasteiger partial charge in [-0.2, -0.15) is 0 Å². The zero-order chi connectivity index (χ0) is 21.5. The van der Waals surface area contributed by atoms with Crippen molar-refractivity contribution < 1.29 is 0 Å². The van der Waals surface area contributed by atoms with Crippen LogP contribution in [-0.2, 0) is 10.8 Å². The highest BCUT2D eigenvalue weighted by Crippen LogP contribution is 2.57. The van der Waals surface area contributed by atoms with Crippen molar-refractivity contribution in [1.82, 2.24) is 0 Å². The zero-order valence-corrected chi connectivity index (χ0v) is 19.4. The molecule has 0 fully saturated rings. The van der Waals surface area contributed by atoms with Gasteiger partial charge in [-0.05, 0) is 87.2 Å². The van der Waals surface area contributed by atoms with Crippen molar-refractivity contribution >= 4 is 17.2 Å². The summed E-state index contributed by atoms with van der Waals surface area (Å²) in [5, 5.41) is 0.857. The number of hydrogen-bond acceptors (Lipinski definition) is 0. The van der Waals surface area contributed by atoms with E-state index in [1.165, 1.54) is 55.6 Å². The first kappa shape index (κ1) is 19.1.